The highest BCUT2D eigenvalue weighted by molar-refractivity contribution is 6.31. The van der Waals surface area contributed by atoms with Crippen molar-refractivity contribution in [2.24, 2.45) is 0 Å². The lowest BCUT2D eigenvalue weighted by Gasteiger charge is -2.27. The van der Waals surface area contributed by atoms with E-state index >= 15 is 0 Å². The summed E-state index contributed by atoms with van der Waals surface area (Å²) in [6.07, 6.45) is 4.47. The Hall–Kier alpha value is -5.05. The fourth-order valence-electron chi connectivity index (χ4n) is 4.56. The van der Waals surface area contributed by atoms with Gasteiger partial charge in [0.2, 0.25) is 0 Å². The van der Waals surface area contributed by atoms with E-state index in [-0.39, 0.29) is 12.1 Å². The summed E-state index contributed by atoms with van der Waals surface area (Å²) in [5.41, 5.74) is 2.75. The predicted molar refractivity (Wildman–Crippen MR) is 163 cm³/mol. The lowest BCUT2D eigenvalue weighted by molar-refractivity contribution is -0.130. The monoisotopic (exact) mass is 584 g/mol. The van der Waals surface area contributed by atoms with Crippen molar-refractivity contribution >= 4 is 23.9 Å². The van der Waals surface area contributed by atoms with E-state index in [1.54, 1.807) is 30.3 Å². The van der Waals surface area contributed by atoms with Crippen LogP contribution in [0.4, 0.5) is 4.79 Å². The van der Waals surface area contributed by atoms with E-state index in [9.17, 15) is 14.4 Å². The average molecular weight is 585 g/mol. The zero-order valence-electron chi connectivity index (χ0n) is 24.7. The quantitative estimate of drug-likeness (QED) is 0.144. The molecule has 4 amide bonds. The van der Waals surface area contributed by atoms with Gasteiger partial charge in [-0.1, -0.05) is 49.4 Å². The van der Waals surface area contributed by atoms with E-state index in [4.69, 9.17) is 18.9 Å². The Labute approximate surface area is 251 Å². The number of allylic oxidation sites excluding steroid dienone is 1. The Morgan fingerprint density at radius 1 is 0.884 bits per heavy atom. The van der Waals surface area contributed by atoms with Gasteiger partial charge in [-0.25, -0.2) is 4.79 Å². The van der Waals surface area contributed by atoms with E-state index in [0.29, 0.717) is 60.4 Å². The van der Waals surface area contributed by atoms with Crippen LogP contribution in [-0.2, 0) is 29.2 Å². The van der Waals surface area contributed by atoms with E-state index in [0.717, 1.165) is 22.4 Å². The zero-order chi connectivity index (χ0) is 30.8. The van der Waals surface area contributed by atoms with Gasteiger partial charge in [-0.3, -0.25) is 19.8 Å². The maximum Gasteiger partial charge on any atom is 0.331 e. The van der Waals surface area contributed by atoms with Crippen LogP contribution in [0.1, 0.15) is 42.5 Å². The summed E-state index contributed by atoms with van der Waals surface area (Å²) in [5, 5.41) is 2.28. The van der Waals surface area contributed by atoms with Crippen LogP contribution in [0.25, 0.3) is 6.08 Å². The average Bonchev–Trinajstić information content (AvgIpc) is 3.01. The molecule has 0 bridgehead atoms. The van der Waals surface area contributed by atoms with Crippen LogP contribution in [0.15, 0.2) is 78.9 Å². The molecule has 0 radical (unpaired) electrons. The lowest BCUT2D eigenvalue weighted by atomic mass is 10.0. The molecule has 1 aliphatic heterocycles. The number of nitrogens with one attached hydrogen (secondary N) is 1. The Bertz CT molecular complexity index is 1510. The fraction of sp³-hybridized carbons (Fsp3) is 0.265. The van der Waals surface area contributed by atoms with Gasteiger partial charge < -0.3 is 18.9 Å². The third-order valence-electron chi connectivity index (χ3n) is 6.57. The van der Waals surface area contributed by atoms with E-state index in [1.807, 2.05) is 50.2 Å². The summed E-state index contributed by atoms with van der Waals surface area (Å²) < 4.78 is 23.2. The molecule has 9 heteroatoms. The van der Waals surface area contributed by atoms with Crippen molar-refractivity contribution in [2.75, 3.05) is 20.3 Å². The number of carbonyl (C=O) groups is 3. The molecule has 1 aliphatic rings. The first-order valence-electron chi connectivity index (χ1n) is 14.1. The van der Waals surface area contributed by atoms with Gasteiger partial charge in [0.25, 0.3) is 11.8 Å². The van der Waals surface area contributed by atoms with Crippen molar-refractivity contribution in [1.82, 2.24) is 10.2 Å². The lowest BCUT2D eigenvalue weighted by Crippen LogP contribution is -2.53. The molecule has 224 valence electrons. The third-order valence-corrected chi connectivity index (χ3v) is 6.57. The Morgan fingerprint density at radius 3 is 2.37 bits per heavy atom. The maximum atomic E-state index is 13.5. The molecular weight excluding hydrogens is 548 g/mol. The summed E-state index contributed by atoms with van der Waals surface area (Å²) in [5.74, 6) is 0.582. The van der Waals surface area contributed by atoms with Crippen molar-refractivity contribution in [3.63, 3.8) is 0 Å². The minimum Gasteiger partial charge on any atom is -0.493 e. The summed E-state index contributed by atoms with van der Waals surface area (Å²) in [6, 6.07) is 17.7. The second-order valence-corrected chi connectivity index (χ2v) is 9.75. The maximum absolute atomic E-state index is 13.5. The SMILES string of the molecule is C=CCc1cc(/C=C2\C(=O)NC(=O)N(Cc3ccc(OCCC)c(OCC)c3)C2=O)cc(OC)c1OCc1ccccc1. The van der Waals surface area contributed by atoms with Crippen molar-refractivity contribution < 1.29 is 33.3 Å². The van der Waals surface area contributed by atoms with Gasteiger partial charge in [-0.15, -0.1) is 6.58 Å². The van der Waals surface area contributed by atoms with Crippen LogP contribution in [0.3, 0.4) is 0 Å². The van der Waals surface area contributed by atoms with E-state index < -0.39 is 17.8 Å². The highest BCUT2D eigenvalue weighted by Gasteiger charge is 2.36. The van der Waals surface area contributed by atoms with Crippen molar-refractivity contribution in [2.45, 2.75) is 39.8 Å². The Balaban J connectivity index is 1.62. The number of ether oxygens (including phenoxy) is 4. The normalized spacial score (nSPS) is 14.0. The molecule has 43 heavy (non-hydrogen) atoms. The van der Waals surface area contributed by atoms with Crippen molar-refractivity contribution in [3.8, 4) is 23.0 Å². The number of methoxy groups -OCH3 is 1. The predicted octanol–water partition coefficient (Wildman–Crippen LogP) is 5.85. The molecule has 1 saturated heterocycles. The number of hydrogen-bond acceptors (Lipinski definition) is 7. The highest BCUT2D eigenvalue weighted by Crippen LogP contribution is 2.35. The molecule has 0 atom stereocenters. The van der Waals surface area contributed by atoms with Gasteiger partial charge in [-0.05, 0) is 66.8 Å². The van der Waals surface area contributed by atoms with Gasteiger partial charge >= 0.3 is 6.03 Å². The van der Waals surface area contributed by atoms with Gasteiger partial charge in [0.05, 0.1) is 26.9 Å². The number of carbonyl (C=O) groups excluding carboxylic acids is 3. The minimum atomic E-state index is -0.800. The van der Waals surface area contributed by atoms with Crippen LogP contribution < -0.4 is 24.3 Å². The van der Waals surface area contributed by atoms with Crippen LogP contribution in [0.5, 0.6) is 23.0 Å². The number of amides is 4. The molecule has 1 N–H and O–H groups in total. The van der Waals surface area contributed by atoms with Crippen molar-refractivity contribution in [1.29, 1.82) is 0 Å². The number of urea groups is 1. The Kier molecular flexibility index (Phi) is 10.6. The van der Waals surface area contributed by atoms with Gasteiger partial charge in [0.15, 0.2) is 23.0 Å². The molecule has 3 aromatic carbocycles. The largest absolute Gasteiger partial charge is 0.493 e. The second kappa shape index (κ2) is 14.7. The molecule has 0 aliphatic carbocycles. The molecule has 0 spiro atoms. The van der Waals surface area contributed by atoms with Crippen molar-refractivity contribution in [3.05, 3.63) is 101 Å². The minimum absolute atomic E-state index is 0.0687. The van der Waals surface area contributed by atoms with Crippen LogP contribution in [0.2, 0.25) is 0 Å². The number of rotatable bonds is 14. The first-order chi connectivity index (χ1) is 20.9. The number of hydrogen-bond donors (Lipinski definition) is 1. The fourth-order valence-corrected chi connectivity index (χ4v) is 4.56. The standard InChI is InChI=1S/C34H36N2O7/c1-5-11-26-17-25(20-30(40-4)31(26)43-22-23-12-9-8-10-13-23)18-27-32(37)35-34(39)36(33(27)38)21-24-14-15-28(42-16-6-2)29(19-24)41-7-3/h5,8-10,12-15,17-20H,1,6-7,11,16,21-22H2,2-4H3,(H,35,37,39)/b27-18+. The van der Waals surface area contributed by atoms with Gasteiger partial charge in [-0.2, -0.15) is 0 Å². The summed E-state index contributed by atoms with van der Waals surface area (Å²) in [6.45, 7) is 8.92. The number of benzene rings is 3. The first-order valence-corrected chi connectivity index (χ1v) is 14.1. The smallest absolute Gasteiger partial charge is 0.331 e. The van der Waals surface area contributed by atoms with E-state index in [2.05, 4.69) is 11.9 Å². The second-order valence-electron chi connectivity index (χ2n) is 9.75. The molecular formula is C34H36N2O7. The first kappa shape index (κ1) is 30.9. The molecule has 9 nitrogen and oxygen atoms in total. The van der Waals surface area contributed by atoms with Crippen LogP contribution in [-0.4, -0.2) is 43.1 Å². The number of barbiturate groups is 1. The molecule has 1 heterocycles. The molecule has 4 rings (SSSR count). The summed E-state index contributed by atoms with van der Waals surface area (Å²) in [7, 11) is 1.52. The van der Waals surface area contributed by atoms with Crippen LogP contribution in [0, 0.1) is 0 Å². The summed E-state index contributed by atoms with van der Waals surface area (Å²) in [4.78, 5) is 40.1. The Morgan fingerprint density at radius 2 is 1.67 bits per heavy atom. The molecule has 1 fully saturated rings. The zero-order valence-corrected chi connectivity index (χ0v) is 24.7. The van der Waals surface area contributed by atoms with Gasteiger partial charge in [0.1, 0.15) is 12.2 Å². The number of imide groups is 2. The number of nitrogens with zero attached hydrogens (tertiary/aromatic N) is 1. The molecule has 0 aromatic heterocycles. The topological polar surface area (TPSA) is 103 Å². The molecule has 0 unspecified atom stereocenters. The highest BCUT2D eigenvalue weighted by atomic mass is 16.5. The third kappa shape index (κ3) is 7.62. The summed E-state index contributed by atoms with van der Waals surface area (Å²) >= 11 is 0. The molecule has 0 saturated carbocycles. The van der Waals surface area contributed by atoms with E-state index in [1.165, 1.54) is 13.2 Å². The van der Waals surface area contributed by atoms with Crippen LogP contribution >= 0.6 is 0 Å². The van der Waals surface area contributed by atoms with Gasteiger partial charge in [0, 0.05) is 5.56 Å². The molecule has 3 aromatic rings.